The van der Waals surface area contributed by atoms with Crippen LogP contribution in [-0.2, 0) is 11.4 Å². The van der Waals surface area contributed by atoms with Crippen LogP contribution in [0, 0.1) is 11.6 Å². The van der Waals surface area contributed by atoms with E-state index in [4.69, 9.17) is 4.74 Å². The van der Waals surface area contributed by atoms with Crippen LogP contribution >= 0.6 is 0 Å². The summed E-state index contributed by atoms with van der Waals surface area (Å²) in [4.78, 5) is 24.1. The smallest absolute Gasteiger partial charge is 0.251 e. The van der Waals surface area contributed by atoms with Gasteiger partial charge in [-0.3, -0.25) is 9.59 Å². The second kappa shape index (κ2) is 10.9. The van der Waals surface area contributed by atoms with Crippen molar-refractivity contribution in [2.75, 3.05) is 11.9 Å². The van der Waals surface area contributed by atoms with Gasteiger partial charge >= 0.3 is 0 Å². The van der Waals surface area contributed by atoms with E-state index in [1.54, 1.807) is 30.3 Å². The van der Waals surface area contributed by atoms with Crippen LogP contribution in [0.15, 0.2) is 72.8 Å². The van der Waals surface area contributed by atoms with E-state index < -0.39 is 5.82 Å². The summed E-state index contributed by atoms with van der Waals surface area (Å²) in [6, 6.07) is 18.3. The molecule has 0 aromatic heterocycles. The van der Waals surface area contributed by atoms with Gasteiger partial charge in [0.05, 0.1) is 0 Å². The molecule has 0 atom stereocenters. The standard InChI is InChI=1S/C24H22F2N2O3/c25-19-11-9-18(10-12-19)24(30)27-13-3-8-23(29)28-21-6-1-4-17(14-21)16-31-22-7-2-5-20(26)15-22/h1-2,4-7,9-12,14-15H,3,8,13,16H2,(H,27,30)(H,28,29). The van der Waals surface area contributed by atoms with Crippen LogP contribution in [0.4, 0.5) is 14.5 Å². The number of halogens is 2. The van der Waals surface area contributed by atoms with Gasteiger partial charge in [0.2, 0.25) is 5.91 Å². The Kier molecular flexibility index (Phi) is 7.70. The van der Waals surface area contributed by atoms with Gasteiger partial charge in [0.25, 0.3) is 5.91 Å². The van der Waals surface area contributed by atoms with Crippen LogP contribution in [0.1, 0.15) is 28.8 Å². The van der Waals surface area contributed by atoms with Crippen molar-refractivity contribution in [3.63, 3.8) is 0 Å². The maximum Gasteiger partial charge on any atom is 0.251 e. The highest BCUT2D eigenvalue weighted by molar-refractivity contribution is 5.94. The largest absolute Gasteiger partial charge is 0.489 e. The Bertz CT molecular complexity index is 1040. The number of hydrogen-bond donors (Lipinski definition) is 2. The van der Waals surface area contributed by atoms with Crippen molar-refractivity contribution < 1.29 is 23.1 Å². The molecule has 2 N–H and O–H groups in total. The molecule has 3 aromatic carbocycles. The number of anilines is 1. The predicted octanol–water partition coefficient (Wildman–Crippen LogP) is 4.69. The average Bonchev–Trinajstić information content (AvgIpc) is 2.76. The fourth-order valence-corrected chi connectivity index (χ4v) is 2.84. The molecule has 0 bridgehead atoms. The summed E-state index contributed by atoms with van der Waals surface area (Å²) in [6.45, 7) is 0.563. The molecule has 31 heavy (non-hydrogen) atoms. The lowest BCUT2D eigenvalue weighted by Gasteiger charge is -2.10. The lowest BCUT2D eigenvalue weighted by molar-refractivity contribution is -0.116. The Labute approximate surface area is 179 Å². The summed E-state index contributed by atoms with van der Waals surface area (Å²) in [5, 5.41) is 5.51. The van der Waals surface area contributed by atoms with E-state index in [1.165, 1.54) is 36.4 Å². The number of hydrogen-bond acceptors (Lipinski definition) is 3. The summed E-state index contributed by atoms with van der Waals surface area (Å²) in [5.41, 5.74) is 1.82. The van der Waals surface area contributed by atoms with Crippen LogP contribution in [0.2, 0.25) is 0 Å². The Hall–Kier alpha value is -3.74. The molecule has 0 spiro atoms. The highest BCUT2D eigenvalue weighted by atomic mass is 19.1. The summed E-state index contributed by atoms with van der Waals surface area (Å²) >= 11 is 0. The second-order valence-electron chi connectivity index (χ2n) is 6.86. The van der Waals surface area contributed by atoms with Gasteiger partial charge < -0.3 is 15.4 Å². The molecule has 0 aliphatic rings. The molecule has 3 aromatic rings. The first-order chi connectivity index (χ1) is 15.0. The maximum atomic E-state index is 13.2. The highest BCUT2D eigenvalue weighted by Crippen LogP contribution is 2.16. The fourth-order valence-electron chi connectivity index (χ4n) is 2.84. The Morgan fingerprint density at radius 3 is 2.42 bits per heavy atom. The van der Waals surface area contributed by atoms with Gasteiger partial charge in [-0.1, -0.05) is 18.2 Å². The highest BCUT2D eigenvalue weighted by Gasteiger charge is 2.07. The maximum absolute atomic E-state index is 13.2. The number of nitrogens with one attached hydrogen (secondary N) is 2. The van der Waals surface area contributed by atoms with Gasteiger partial charge in [-0.25, -0.2) is 8.78 Å². The van der Waals surface area contributed by atoms with E-state index >= 15 is 0 Å². The molecule has 0 fully saturated rings. The van der Waals surface area contributed by atoms with Crippen LogP contribution in [0.25, 0.3) is 0 Å². The Balaban J connectivity index is 1.40. The van der Waals surface area contributed by atoms with E-state index in [9.17, 15) is 18.4 Å². The van der Waals surface area contributed by atoms with Crippen LogP contribution in [0.5, 0.6) is 5.75 Å². The number of ether oxygens (including phenoxy) is 1. The molecule has 2 amide bonds. The van der Waals surface area contributed by atoms with Crippen molar-refractivity contribution in [2.24, 2.45) is 0 Å². The molecule has 160 valence electrons. The quantitative estimate of drug-likeness (QED) is 0.490. The summed E-state index contributed by atoms with van der Waals surface area (Å²) < 4.78 is 31.7. The van der Waals surface area contributed by atoms with Crippen molar-refractivity contribution in [1.29, 1.82) is 0 Å². The molecule has 3 rings (SSSR count). The number of amides is 2. The van der Waals surface area contributed by atoms with Gasteiger partial charge in [0, 0.05) is 30.3 Å². The Morgan fingerprint density at radius 1 is 0.871 bits per heavy atom. The van der Waals surface area contributed by atoms with Crippen molar-refractivity contribution in [3.8, 4) is 5.75 Å². The first kappa shape index (κ1) is 22.0. The lowest BCUT2D eigenvalue weighted by Crippen LogP contribution is -2.25. The van der Waals surface area contributed by atoms with E-state index in [2.05, 4.69) is 10.6 Å². The molecule has 0 saturated heterocycles. The zero-order chi connectivity index (χ0) is 22.1. The van der Waals surface area contributed by atoms with Gasteiger partial charge in [-0.2, -0.15) is 0 Å². The summed E-state index contributed by atoms with van der Waals surface area (Å²) in [6.07, 6.45) is 0.689. The summed E-state index contributed by atoms with van der Waals surface area (Å²) in [5.74, 6) is -0.840. The zero-order valence-electron chi connectivity index (χ0n) is 16.7. The van der Waals surface area contributed by atoms with Gasteiger partial charge in [-0.05, 0) is 60.5 Å². The van der Waals surface area contributed by atoms with Crippen molar-refractivity contribution in [2.45, 2.75) is 19.4 Å². The van der Waals surface area contributed by atoms with E-state index in [0.29, 0.717) is 30.0 Å². The minimum Gasteiger partial charge on any atom is -0.489 e. The topological polar surface area (TPSA) is 67.4 Å². The number of rotatable bonds is 9. The minimum absolute atomic E-state index is 0.181. The van der Waals surface area contributed by atoms with Crippen molar-refractivity contribution in [1.82, 2.24) is 5.32 Å². The molecule has 0 heterocycles. The molecule has 0 aliphatic carbocycles. The van der Waals surface area contributed by atoms with Gasteiger partial charge in [0.15, 0.2) is 0 Å². The van der Waals surface area contributed by atoms with Crippen LogP contribution in [-0.4, -0.2) is 18.4 Å². The second-order valence-corrected chi connectivity index (χ2v) is 6.86. The van der Waals surface area contributed by atoms with Gasteiger partial charge in [0.1, 0.15) is 24.0 Å². The SMILES string of the molecule is O=C(CCCNC(=O)c1ccc(F)cc1)Nc1cccc(COc2cccc(F)c2)c1. The molecule has 7 heteroatoms. The monoisotopic (exact) mass is 424 g/mol. The number of carbonyl (C=O) groups is 2. The summed E-state index contributed by atoms with van der Waals surface area (Å²) in [7, 11) is 0. The molecule has 0 aliphatic heterocycles. The number of benzene rings is 3. The third-order valence-corrected chi connectivity index (χ3v) is 4.38. The minimum atomic E-state index is -0.405. The van der Waals surface area contributed by atoms with Crippen molar-refractivity contribution >= 4 is 17.5 Å². The van der Waals surface area contributed by atoms with Crippen LogP contribution in [0.3, 0.4) is 0 Å². The van der Waals surface area contributed by atoms with E-state index in [1.807, 2.05) is 6.07 Å². The van der Waals surface area contributed by atoms with Crippen molar-refractivity contribution in [3.05, 3.63) is 95.6 Å². The van der Waals surface area contributed by atoms with Crippen LogP contribution < -0.4 is 15.4 Å². The average molecular weight is 424 g/mol. The molecule has 0 radical (unpaired) electrons. The van der Waals surface area contributed by atoms with E-state index in [0.717, 1.165) is 5.56 Å². The predicted molar refractivity (Wildman–Crippen MR) is 114 cm³/mol. The molecule has 5 nitrogen and oxygen atoms in total. The first-order valence-electron chi connectivity index (χ1n) is 9.80. The van der Waals surface area contributed by atoms with Gasteiger partial charge in [-0.15, -0.1) is 0 Å². The lowest BCUT2D eigenvalue weighted by atomic mass is 10.2. The molecular formula is C24H22F2N2O3. The molecular weight excluding hydrogens is 402 g/mol. The number of carbonyl (C=O) groups excluding carboxylic acids is 2. The third-order valence-electron chi connectivity index (χ3n) is 4.38. The van der Waals surface area contributed by atoms with E-state index in [-0.39, 0.29) is 30.7 Å². The Morgan fingerprint density at radius 2 is 1.65 bits per heavy atom. The molecule has 0 saturated carbocycles. The first-order valence-corrected chi connectivity index (χ1v) is 9.80. The normalized spacial score (nSPS) is 10.4. The molecule has 0 unspecified atom stereocenters. The zero-order valence-corrected chi connectivity index (χ0v) is 16.7. The third kappa shape index (κ3) is 7.22. The fraction of sp³-hybridized carbons (Fsp3) is 0.167.